The van der Waals surface area contributed by atoms with Gasteiger partial charge in [-0.3, -0.25) is 0 Å². The molecular formula is C15H26N2O. The van der Waals surface area contributed by atoms with E-state index in [2.05, 4.69) is 19.1 Å². The normalized spacial score (nSPS) is 12.7. The molecule has 0 spiro atoms. The smallest absolute Gasteiger partial charge is 0.119 e. The van der Waals surface area contributed by atoms with E-state index in [1.54, 1.807) is 0 Å². The lowest BCUT2D eigenvalue weighted by Crippen LogP contribution is -2.25. The number of benzene rings is 1. The maximum Gasteiger partial charge on any atom is 0.119 e. The number of ether oxygens (including phenoxy) is 1. The third-order valence-electron chi connectivity index (χ3n) is 3.44. The van der Waals surface area contributed by atoms with Crippen molar-refractivity contribution in [2.45, 2.75) is 32.6 Å². The van der Waals surface area contributed by atoms with Crippen LogP contribution in [0.5, 0.6) is 5.75 Å². The molecule has 1 unspecified atom stereocenters. The average molecular weight is 250 g/mol. The highest BCUT2D eigenvalue weighted by atomic mass is 16.5. The van der Waals surface area contributed by atoms with Gasteiger partial charge in [-0.2, -0.15) is 0 Å². The Morgan fingerprint density at radius 2 is 1.67 bits per heavy atom. The van der Waals surface area contributed by atoms with Crippen LogP contribution in [0.1, 0.15) is 38.2 Å². The molecule has 0 saturated carbocycles. The van der Waals surface area contributed by atoms with Gasteiger partial charge in [0.15, 0.2) is 0 Å². The lowest BCUT2D eigenvalue weighted by Gasteiger charge is -2.21. The highest BCUT2D eigenvalue weighted by Crippen LogP contribution is 2.28. The second-order valence-corrected chi connectivity index (χ2v) is 4.68. The average Bonchev–Trinajstić information content (AvgIpc) is 2.42. The molecule has 0 aliphatic carbocycles. The van der Waals surface area contributed by atoms with Crippen molar-refractivity contribution in [2.75, 3.05) is 19.7 Å². The Morgan fingerprint density at radius 3 is 2.11 bits per heavy atom. The Bertz CT molecular complexity index is 320. The standard InChI is InChI=1S/C15H26N2O/c1-3-13(9-12(10-16)11-17)14-5-7-15(8-6-14)18-4-2/h5-8,12-13H,3-4,9-11,16-17H2,1-2H3. The summed E-state index contributed by atoms with van der Waals surface area (Å²) in [6, 6.07) is 8.40. The predicted molar refractivity (Wildman–Crippen MR) is 76.9 cm³/mol. The van der Waals surface area contributed by atoms with Crippen molar-refractivity contribution >= 4 is 0 Å². The largest absolute Gasteiger partial charge is 0.494 e. The third-order valence-corrected chi connectivity index (χ3v) is 3.44. The monoisotopic (exact) mass is 250 g/mol. The number of hydrogen-bond acceptors (Lipinski definition) is 3. The van der Waals surface area contributed by atoms with E-state index < -0.39 is 0 Å². The highest BCUT2D eigenvalue weighted by Gasteiger charge is 2.14. The lowest BCUT2D eigenvalue weighted by molar-refractivity contribution is 0.340. The number of nitrogens with two attached hydrogens (primary N) is 2. The van der Waals surface area contributed by atoms with E-state index in [0.29, 0.717) is 31.5 Å². The summed E-state index contributed by atoms with van der Waals surface area (Å²) in [4.78, 5) is 0. The fourth-order valence-corrected chi connectivity index (χ4v) is 2.23. The van der Waals surface area contributed by atoms with Gasteiger partial charge < -0.3 is 16.2 Å². The molecule has 1 rings (SSSR count). The summed E-state index contributed by atoms with van der Waals surface area (Å²) >= 11 is 0. The minimum atomic E-state index is 0.418. The first-order valence-electron chi connectivity index (χ1n) is 6.87. The van der Waals surface area contributed by atoms with Crippen molar-refractivity contribution in [3.05, 3.63) is 29.8 Å². The second-order valence-electron chi connectivity index (χ2n) is 4.68. The molecule has 0 aliphatic heterocycles. The van der Waals surface area contributed by atoms with Gasteiger partial charge in [-0.05, 0) is 62.4 Å². The van der Waals surface area contributed by atoms with E-state index in [-0.39, 0.29) is 0 Å². The lowest BCUT2D eigenvalue weighted by atomic mass is 9.87. The zero-order valence-corrected chi connectivity index (χ0v) is 11.6. The molecule has 1 aromatic carbocycles. The van der Waals surface area contributed by atoms with Gasteiger partial charge in [0, 0.05) is 0 Å². The van der Waals surface area contributed by atoms with Gasteiger partial charge >= 0.3 is 0 Å². The van der Waals surface area contributed by atoms with Gasteiger partial charge in [0.25, 0.3) is 0 Å². The van der Waals surface area contributed by atoms with Gasteiger partial charge in [0.1, 0.15) is 5.75 Å². The molecule has 3 heteroatoms. The summed E-state index contributed by atoms with van der Waals surface area (Å²) in [5.41, 5.74) is 12.8. The van der Waals surface area contributed by atoms with Gasteiger partial charge in [-0.1, -0.05) is 19.1 Å². The van der Waals surface area contributed by atoms with Crippen LogP contribution in [-0.2, 0) is 0 Å². The van der Waals surface area contributed by atoms with Crippen LogP contribution < -0.4 is 16.2 Å². The SMILES string of the molecule is CCOc1ccc(C(CC)CC(CN)CN)cc1. The summed E-state index contributed by atoms with van der Waals surface area (Å²) in [6.07, 6.45) is 2.18. The van der Waals surface area contributed by atoms with E-state index in [1.807, 2.05) is 19.1 Å². The molecule has 3 nitrogen and oxygen atoms in total. The Balaban J connectivity index is 2.69. The van der Waals surface area contributed by atoms with Crippen LogP contribution in [0.15, 0.2) is 24.3 Å². The van der Waals surface area contributed by atoms with Crippen molar-refractivity contribution in [1.82, 2.24) is 0 Å². The maximum atomic E-state index is 5.73. The maximum absolute atomic E-state index is 5.73. The minimum Gasteiger partial charge on any atom is -0.494 e. The molecule has 0 fully saturated rings. The summed E-state index contributed by atoms with van der Waals surface area (Å²) < 4.78 is 5.46. The van der Waals surface area contributed by atoms with E-state index in [4.69, 9.17) is 16.2 Å². The molecule has 0 aliphatic rings. The fraction of sp³-hybridized carbons (Fsp3) is 0.600. The van der Waals surface area contributed by atoms with Gasteiger partial charge in [0.2, 0.25) is 0 Å². The van der Waals surface area contributed by atoms with Gasteiger partial charge in [-0.15, -0.1) is 0 Å². The zero-order valence-electron chi connectivity index (χ0n) is 11.6. The molecule has 18 heavy (non-hydrogen) atoms. The van der Waals surface area contributed by atoms with Crippen LogP contribution >= 0.6 is 0 Å². The molecule has 0 saturated heterocycles. The highest BCUT2D eigenvalue weighted by molar-refractivity contribution is 5.29. The van der Waals surface area contributed by atoms with E-state index in [0.717, 1.165) is 18.6 Å². The van der Waals surface area contributed by atoms with Crippen molar-refractivity contribution in [3.8, 4) is 5.75 Å². The van der Waals surface area contributed by atoms with Crippen molar-refractivity contribution in [2.24, 2.45) is 17.4 Å². The third kappa shape index (κ3) is 4.31. The summed E-state index contributed by atoms with van der Waals surface area (Å²) in [5, 5.41) is 0. The van der Waals surface area contributed by atoms with E-state index in [9.17, 15) is 0 Å². The molecule has 102 valence electrons. The molecule has 4 N–H and O–H groups in total. The minimum absolute atomic E-state index is 0.418. The number of rotatable bonds is 8. The first-order valence-corrected chi connectivity index (χ1v) is 6.87. The van der Waals surface area contributed by atoms with Crippen LogP contribution in [0, 0.1) is 5.92 Å². The van der Waals surface area contributed by atoms with E-state index in [1.165, 1.54) is 5.56 Å². The van der Waals surface area contributed by atoms with E-state index >= 15 is 0 Å². The van der Waals surface area contributed by atoms with Crippen LogP contribution in [0.3, 0.4) is 0 Å². The van der Waals surface area contributed by atoms with Crippen LogP contribution in [-0.4, -0.2) is 19.7 Å². The Kier molecular flexibility index (Phi) is 6.76. The Labute approximate surface area is 111 Å². The number of hydrogen-bond donors (Lipinski definition) is 2. The molecule has 1 atom stereocenters. The molecule has 0 heterocycles. The molecule has 0 radical (unpaired) electrons. The molecule has 1 aromatic rings. The van der Waals surface area contributed by atoms with Crippen LogP contribution in [0.2, 0.25) is 0 Å². The Hall–Kier alpha value is -1.06. The molecule has 0 amide bonds. The van der Waals surface area contributed by atoms with Gasteiger partial charge in [0.05, 0.1) is 6.61 Å². The van der Waals surface area contributed by atoms with Crippen molar-refractivity contribution < 1.29 is 4.74 Å². The van der Waals surface area contributed by atoms with Crippen molar-refractivity contribution in [3.63, 3.8) is 0 Å². The molecular weight excluding hydrogens is 224 g/mol. The predicted octanol–water partition coefficient (Wildman–Crippen LogP) is 2.50. The summed E-state index contributed by atoms with van der Waals surface area (Å²) in [5.74, 6) is 1.89. The first-order chi connectivity index (χ1) is 8.74. The summed E-state index contributed by atoms with van der Waals surface area (Å²) in [6.45, 7) is 6.26. The van der Waals surface area contributed by atoms with Crippen LogP contribution in [0.4, 0.5) is 0 Å². The van der Waals surface area contributed by atoms with Gasteiger partial charge in [-0.25, -0.2) is 0 Å². The summed E-state index contributed by atoms with van der Waals surface area (Å²) in [7, 11) is 0. The second kappa shape index (κ2) is 8.11. The molecule has 0 bridgehead atoms. The quantitative estimate of drug-likeness (QED) is 0.745. The van der Waals surface area contributed by atoms with Crippen LogP contribution in [0.25, 0.3) is 0 Å². The topological polar surface area (TPSA) is 61.3 Å². The van der Waals surface area contributed by atoms with Crippen molar-refractivity contribution in [1.29, 1.82) is 0 Å². The zero-order chi connectivity index (χ0) is 13.4. The Morgan fingerprint density at radius 1 is 1.06 bits per heavy atom. The molecule has 0 aromatic heterocycles. The first kappa shape index (κ1) is 15.0. The fourth-order valence-electron chi connectivity index (χ4n) is 2.23.